The van der Waals surface area contributed by atoms with Crippen molar-refractivity contribution >= 4 is 27.5 Å². The molecular weight excluding hydrogens is 380 g/mol. The van der Waals surface area contributed by atoms with Crippen LogP contribution >= 0.6 is 15.9 Å². The zero-order valence-corrected chi connectivity index (χ0v) is 16.8. The molecule has 0 bridgehead atoms. The van der Waals surface area contributed by atoms with E-state index in [2.05, 4.69) is 29.8 Å². The molecule has 3 fully saturated rings. The summed E-state index contributed by atoms with van der Waals surface area (Å²) in [5.74, 6) is 2.10. The van der Waals surface area contributed by atoms with Crippen LogP contribution < -0.4 is 0 Å². The second kappa shape index (κ2) is 6.02. The molecule has 0 heterocycles. The minimum Gasteiger partial charge on any atom is -0.389 e. The average molecular weight is 409 g/mol. The Kier molecular flexibility index (Phi) is 4.31. The molecular formula is C21H29BrO3. The Hall–Kier alpha value is -0.480. The fourth-order valence-electron chi connectivity index (χ4n) is 7.25. The molecule has 4 heteroatoms. The summed E-state index contributed by atoms with van der Waals surface area (Å²) in [7, 11) is 0. The fraction of sp³-hybridized carbons (Fsp3) is 0.810. The van der Waals surface area contributed by atoms with E-state index in [0.29, 0.717) is 34.8 Å². The van der Waals surface area contributed by atoms with E-state index in [0.717, 1.165) is 38.5 Å². The van der Waals surface area contributed by atoms with E-state index in [1.807, 2.05) is 6.08 Å². The van der Waals surface area contributed by atoms with Crippen LogP contribution in [0.1, 0.15) is 58.8 Å². The number of allylic oxidation sites excluding steroid dienone is 1. The highest BCUT2D eigenvalue weighted by molar-refractivity contribution is 9.09. The lowest BCUT2D eigenvalue weighted by Gasteiger charge is -2.59. The number of hydrogen-bond donors (Lipinski definition) is 1. The van der Waals surface area contributed by atoms with Crippen LogP contribution in [0.25, 0.3) is 0 Å². The molecule has 4 aliphatic carbocycles. The maximum Gasteiger partial charge on any atom is 0.161 e. The summed E-state index contributed by atoms with van der Waals surface area (Å²) in [5.41, 5.74) is 1.52. The number of Topliss-reactive ketones (excluding diaryl/α,β-unsaturated/α-hetero) is 1. The molecule has 3 nitrogen and oxygen atoms in total. The van der Waals surface area contributed by atoms with Gasteiger partial charge in [-0.2, -0.15) is 0 Å². The van der Waals surface area contributed by atoms with Crippen LogP contribution in [0.2, 0.25) is 0 Å². The van der Waals surface area contributed by atoms with Crippen LogP contribution in [0.3, 0.4) is 0 Å². The molecule has 0 aromatic carbocycles. The van der Waals surface area contributed by atoms with Crippen LogP contribution in [0.4, 0.5) is 0 Å². The molecule has 0 spiro atoms. The van der Waals surface area contributed by atoms with E-state index < -0.39 is 0 Å². The number of rotatable bonds is 2. The fourth-order valence-corrected chi connectivity index (χ4v) is 8.93. The van der Waals surface area contributed by atoms with Gasteiger partial charge in [0.2, 0.25) is 0 Å². The molecule has 4 rings (SSSR count). The molecule has 1 unspecified atom stereocenters. The predicted octanol–water partition coefficient (Wildman–Crippen LogP) is 4.07. The van der Waals surface area contributed by atoms with Gasteiger partial charge in [-0.15, -0.1) is 0 Å². The Morgan fingerprint density at radius 1 is 1.28 bits per heavy atom. The molecule has 0 aromatic heterocycles. The maximum absolute atomic E-state index is 12.4. The van der Waals surface area contributed by atoms with Crippen LogP contribution in [-0.2, 0) is 9.59 Å². The highest BCUT2D eigenvalue weighted by Crippen LogP contribution is 2.67. The van der Waals surface area contributed by atoms with Crippen LogP contribution in [0.5, 0.6) is 0 Å². The number of fused-ring (bicyclic) bond motifs is 5. The lowest BCUT2D eigenvalue weighted by atomic mass is 9.46. The van der Waals surface area contributed by atoms with Crippen LogP contribution in [0.15, 0.2) is 11.6 Å². The molecule has 4 aliphatic rings. The van der Waals surface area contributed by atoms with Crippen LogP contribution in [0, 0.1) is 34.5 Å². The summed E-state index contributed by atoms with van der Waals surface area (Å²) in [6, 6.07) is 0. The molecule has 7 atom stereocenters. The second-order valence-electron chi connectivity index (χ2n) is 9.37. The molecule has 0 saturated heterocycles. The van der Waals surface area contributed by atoms with Gasteiger partial charge in [0.1, 0.15) is 6.61 Å². The van der Waals surface area contributed by atoms with Gasteiger partial charge in [-0.1, -0.05) is 35.4 Å². The second-order valence-corrected chi connectivity index (χ2v) is 10.5. The van der Waals surface area contributed by atoms with E-state index in [-0.39, 0.29) is 29.1 Å². The topological polar surface area (TPSA) is 54.4 Å². The largest absolute Gasteiger partial charge is 0.389 e. The third-order valence-corrected chi connectivity index (χ3v) is 9.29. The number of ketones is 2. The zero-order chi connectivity index (χ0) is 18.0. The lowest BCUT2D eigenvalue weighted by molar-refractivity contribution is -0.132. The first-order valence-electron chi connectivity index (χ1n) is 9.83. The standard InChI is InChI=1S/C21H29BrO3/c1-20-8-7-13(24)9-12(20)3-4-14-15-5-6-16(18(25)11-23)21(15,2)10-17(22)19(14)20/h9,14-17,19,23H,3-8,10-11H2,1-2H3/t14-,15-,16+,17?,19+,20-,21-/m0/s1. The SMILES string of the molecule is C[C@]12CC(Br)[C@H]3[C@@H](CCC4=CC(=O)CC[C@@]43C)[C@@H]1CC[C@@H]2C(=O)CO. The predicted molar refractivity (Wildman–Crippen MR) is 100 cm³/mol. The first-order chi connectivity index (χ1) is 11.8. The van der Waals surface area contributed by atoms with Crippen molar-refractivity contribution in [3.8, 4) is 0 Å². The molecule has 0 aliphatic heterocycles. The minimum atomic E-state index is -0.319. The van der Waals surface area contributed by atoms with E-state index in [9.17, 15) is 14.7 Å². The molecule has 0 radical (unpaired) electrons. The van der Waals surface area contributed by atoms with Crippen molar-refractivity contribution in [1.29, 1.82) is 0 Å². The number of carbonyl (C=O) groups excluding carboxylic acids is 2. The van der Waals surface area contributed by atoms with Crippen LogP contribution in [-0.4, -0.2) is 28.1 Å². The van der Waals surface area contributed by atoms with Gasteiger partial charge in [0.05, 0.1) is 0 Å². The van der Waals surface area contributed by atoms with Crippen molar-refractivity contribution in [2.24, 2.45) is 34.5 Å². The third-order valence-electron chi connectivity index (χ3n) is 8.40. The van der Waals surface area contributed by atoms with Crippen molar-refractivity contribution in [2.45, 2.75) is 63.6 Å². The molecule has 0 amide bonds. The van der Waals surface area contributed by atoms with Gasteiger partial charge in [-0.25, -0.2) is 0 Å². The molecule has 138 valence electrons. The number of aliphatic hydroxyl groups is 1. The smallest absolute Gasteiger partial charge is 0.161 e. The number of carbonyl (C=O) groups is 2. The highest BCUT2D eigenvalue weighted by atomic mass is 79.9. The maximum atomic E-state index is 12.4. The quantitative estimate of drug-likeness (QED) is 0.700. The Morgan fingerprint density at radius 2 is 2.04 bits per heavy atom. The van der Waals surface area contributed by atoms with Gasteiger partial charge in [-0.05, 0) is 73.2 Å². The summed E-state index contributed by atoms with van der Waals surface area (Å²) in [4.78, 5) is 24.7. The van der Waals surface area contributed by atoms with E-state index in [1.54, 1.807) is 0 Å². The highest BCUT2D eigenvalue weighted by Gasteiger charge is 2.62. The van der Waals surface area contributed by atoms with Gasteiger partial charge >= 0.3 is 0 Å². The van der Waals surface area contributed by atoms with Crippen molar-refractivity contribution in [3.05, 3.63) is 11.6 Å². The summed E-state index contributed by atoms with van der Waals surface area (Å²) >= 11 is 4.03. The van der Waals surface area contributed by atoms with E-state index in [1.165, 1.54) is 5.57 Å². The Labute approximate surface area is 158 Å². The Bertz CT molecular complexity index is 641. The van der Waals surface area contributed by atoms with Crippen molar-refractivity contribution in [2.75, 3.05) is 6.61 Å². The first kappa shape index (κ1) is 17.9. The summed E-state index contributed by atoms with van der Waals surface area (Å²) < 4.78 is 0. The third kappa shape index (κ3) is 2.46. The number of aliphatic hydroxyl groups excluding tert-OH is 1. The Balaban J connectivity index is 1.70. The van der Waals surface area contributed by atoms with Crippen molar-refractivity contribution in [1.82, 2.24) is 0 Å². The summed E-state index contributed by atoms with van der Waals surface area (Å²) in [6.07, 6.45) is 8.82. The average Bonchev–Trinajstić information content (AvgIpc) is 2.91. The van der Waals surface area contributed by atoms with Gasteiger partial charge in [-0.3, -0.25) is 9.59 Å². The van der Waals surface area contributed by atoms with Crippen molar-refractivity contribution < 1.29 is 14.7 Å². The molecule has 3 saturated carbocycles. The number of hydrogen-bond acceptors (Lipinski definition) is 3. The monoisotopic (exact) mass is 408 g/mol. The van der Waals surface area contributed by atoms with Gasteiger partial charge in [0.25, 0.3) is 0 Å². The molecule has 0 aromatic rings. The minimum absolute atomic E-state index is 0.0111. The van der Waals surface area contributed by atoms with E-state index >= 15 is 0 Å². The summed E-state index contributed by atoms with van der Waals surface area (Å²) in [5, 5.41) is 9.42. The normalized spacial score (nSPS) is 49.0. The number of halogens is 1. The first-order valence-corrected chi connectivity index (χ1v) is 10.7. The lowest BCUT2D eigenvalue weighted by Crippen LogP contribution is -2.55. The zero-order valence-electron chi connectivity index (χ0n) is 15.3. The molecule has 25 heavy (non-hydrogen) atoms. The van der Waals surface area contributed by atoms with Gasteiger partial charge in [0, 0.05) is 17.2 Å². The summed E-state index contributed by atoms with van der Waals surface area (Å²) in [6.45, 7) is 4.36. The van der Waals surface area contributed by atoms with Crippen molar-refractivity contribution in [3.63, 3.8) is 0 Å². The number of alkyl halides is 1. The molecule has 1 N–H and O–H groups in total. The van der Waals surface area contributed by atoms with Gasteiger partial charge < -0.3 is 5.11 Å². The van der Waals surface area contributed by atoms with E-state index in [4.69, 9.17) is 0 Å². The Morgan fingerprint density at radius 3 is 2.76 bits per heavy atom. The van der Waals surface area contributed by atoms with Gasteiger partial charge in [0.15, 0.2) is 11.6 Å².